The van der Waals surface area contributed by atoms with Crippen molar-refractivity contribution in [1.29, 1.82) is 0 Å². The Morgan fingerprint density at radius 1 is 0.964 bits per heavy atom. The van der Waals surface area contributed by atoms with Crippen LogP contribution in [0.2, 0.25) is 0 Å². The summed E-state index contributed by atoms with van der Waals surface area (Å²) in [6, 6.07) is 13.6. The van der Waals surface area contributed by atoms with Crippen LogP contribution < -0.4 is 16.0 Å². The molecule has 0 saturated heterocycles. The Balaban J connectivity index is 1.55. The van der Waals surface area contributed by atoms with Gasteiger partial charge in [-0.3, -0.25) is 9.59 Å². The fourth-order valence-corrected chi connectivity index (χ4v) is 2.91. The predicted octanol–water partition coefficient (Wildman–Crippen LogP) is 4.69. The fourth-order valence-electron chi connectivity index (χ4n) is 2.91. The average Bonchev–Trinajstić information content (AvgIpc) is 3.47. The number of hydrogen-bond donors (Lipinski definition) is 3. The molecular formula is C23H29N3O2. The van der Waals surface area contributed by atoms with E-state index in [9.17, 15) is 9.59 Å². The minimum absolute atomic E-state index is 0.0752. The van der Waals surface area contributed by atoms with Crippen LogP contribution >= 0.6 is 0 Å². The summed E-state index contributed by atoms with van der Waals surface area (Å²) in [5, 5.41) is 9.01. The van der Waals surface area contributed by atoms with Gasteiger partial charge in [0.1, 0.15) is 0 Å². The lowest BCUT2D eigenvalue weighted by Gasteiger charge is -2.19. The molecule has 0 heterocycles. The Bertz CT molecular complexity index is 862. The first-order chi connectivity index (χ1) is 13.2. The van der Waals surface area contributed by atoms with Crippen LogP contribution in [0, 0.1) is 12.8 Å². The minimum Gasteiger partial charge on any atom is -0.376 e. The SMILES string of the molecule is Cc1ccc(NC(=O)C2CC2)cc1NCC(=O)Nc1ccc(C(C)(C)C)cc1. The summed E-state index contributed by atoms with van der Waals surface area (Å²) in [4.78, 5) is 24.2. The smallest absolute Gasteiger partial charge is 0.243 e. The van der Waals surface area contributed by atoms with E-state index in [2.05, 4.69) is 36.7 Å². The third-order valence-corrected chi connectivity index (χ3v) is 4.93. The second-order valence-electron chi connectivity index (χ2n) is 8.52. The van der Waals surface area contributed by atoms with E-state index in [0.29, 0.717) is 0 Å². The third-order valence-electron chi connectivity index (χ3n) is 4.93. The molecule has 3 rings (SSSR count). The average molecular weight is 380 g/mol. The van der Waals surface area contributed by atoms with Gasteiger partial charge in [0.05, 0.1) is 6.54 Å². The highest BCUT2D eigenvalue weighted by Gasteiger charge is 2.29. The van der Waals surface area contributed by atoms with Crippen molar-refractivity contribution < 1.29 is 9.59 Å². The van der Waals surface area contributed by atoms with Gasteiger partial charge in [-0.25, -0.2) is 0 Å². The number of hydrogen-bond acceptors (Lipinski definition) is 3. The van der Waals surface area contributed by atoms with Crippen molar-refractivity contribution in [3.8, 4) is 0 Å². The molecule has 148 valence electrons. The number of anilines is 3. The molecule has 0 unspecified atom stereocenters. The van der Waals surface area contributed by atoms with E-state index in [1.165, 1.54) is 5.56 Å². The van der Waals surface area contributed by atoms with Gasteiger partial charge >= 0.3 is 0 Å². The van der Waals surface area contributed by atoms with Crippen molar-refractivity contribution in [1.82, 2.24) is 0 Å². The van der Waals surface area contributed by atoms with Gasteiger partial charge in [-0.1, -0.05) is 39.0 Å². The summed E-state index contributed by atoms with van der Waals surface area (Å²) >= 11 is 0. The second kappa shape index (κ2) is 8.05. The summed E-state index contributed by atoms with van der Waals surface area (Å²) in [6.07, 6.45) is 1.94. The Kier molecular flexibility index (Phi) is 5.73. The van der Waals surface area contributed by atoms with Gasteiger partial charge in [0.25, 0.3) is 0 Å². The van der Waals surface area contributed by atoms with Gasteiger partial charge in [0, 0.05) is 23.0 Å². The van der Waals surface area contributed by atoms with Crippen LogP contribution in [0.1, 0.15) is 44.7 Å². The van der Waals surface area contributed by atoms with E-state index >= 15 is 0 Å². The molecule has 3 N–H and O–H groups in total. The van der Waals surface area contributed by atoms with Crippen molar-refractivity contribution in [2.45, 2.75) is 46.0 Å². The lowest BCUT2D eigenvalue weighted by atomic mass is 9.87. The summed E-state index contributed by atoms with van der Waals surface area (Å²) in [5.74, 6) is 0.120. The number of nitrogens with one attached hydrogen (secondary N) is 3. The Hall–Kier alpha value is -2.82. The molecule has 1 fully saturated rings. The zero-order valence-corrected chi connectivity index (χ0v) is 17.1. The normalized spacial score (nSPS) is 13.7. The predicted molar refractivity (Wildman–Crippen MR) is 115 cm³/mol. The van der Waals surface area contributed by atoms with E-state index in [4.69, 9.17) is 0 Å². The maximum atomic E-state index is 12.3. The van der Waals surface area contributed by atoms with Gasteiger partial charge in [-0.2, -0.15) is 0 Å². The molecule has 0 bridgehead atoms. The molecule has 1 aliphatic rings. The third kappa shape index (κ3) is 5.35. The van der Waals surface area contributed by atoms with E-state index in [1.54, 1.807) is 0 Å². The van der Waals surface area contributed by atoms with Crippen molar-refractivity contribution in [2.24, 2.45) is 5.92 Å². The monoisotopic (exact) mass is 379 g/mol. The molecule has 0 radical (unpaired) electrons. The maximum Gasteiger partial charge on any atom is 0.243 e. The molecular weight excluding hydrogens is 350 g/mol. The van der Waals surface area contributed by atoms with E-state index in [-0.39, 0.29) is 29.7 Å². The van der Waals surface area contributed by atoms with Crippen LogP contribution in [0.4, 0.5) is 17.1 Å². The minimum atomic E-state index is -0.115. The zero-order valence-electron chi connectivity index (χ0n) is 17.1. The van der Waals surface area contributed by atoms with Crippen LogP contribution in [-0.2, 0) is 15.0 Å². The Morgan fingerprint density at radius 2 is 1.61 bits per heavy atom. The molecule has 5 heteroatoms. The zero-order chi connectivity index (χ0) is 20.3. The Labute approximate surface area is 166 Å². The standard InChI is InChI=1S/C23H29N3O2/c1-15-5-10-19(26-22(28)16-6-7-16)13-20(15)24-14-21(27)25-18-11-8-17(9-12-18)23(2,3)4/h5,8-13,16,24H,6-7,14H2,1-4H3,(H,25,27)(H,26,28). The molecule has 1 saturated carbocycles. The molecule has 1 aliphatic carbocycles. The van der Waals surface area contributed by atoms with Crippen LogP contribution in [0.3, 0.4) is 0 Å². The molecule has 2 aromatic carbocycles. The lowest BCUT2D eigenvalue weighted by molar-refractivity contribution is -0.117. The van der Waals surface area contributed by atoms with E-state index in [1.807, 2.05) is 49.4 Å². The molecule has 0 atom stereocenters. The van der Waals surface area contributed by atoms with Gasteiger partial charge in [-0.05, 0) is 60.6 Å². The summed E-state index contributed by atoms with van der Waals surface area (Å²) in [7, 11) is 0. The fraction of sp³-hybridized carbons (Fsp3) is 0.391. The number of amides is 2. The molecule has 0 spiro atoms. The first-order valence-corrected chi connectivity index (χ1v) is 9.78. The highest BCUT2D eigenvalue weighted by Crippen LogP contribution is 2.31. The molecule has 5 nitrogen and oxygen atoms in total. The van der Waals surface area contributed by atoms with E-state index < -0.39 is 0 Å². The van der Waals surface area contributed by atoms with Crippen LogP contribution in [0.5, 0.6) is 0 Å². The number of aryl methyl sites for hydroxylation is 1. The first-order valence-electron chi connectivity index (χ1n) is 9.78. The highest BCUT2D eigenvalue weighted by molar-refractivity contribution is 5.95. The van der Waals surface area contributed by atoms with Crippen LogP contribution in [0.15, 0.2) is 42.5 Å². The molecule has 0 aliphatic heterocycles. The van der Waals surface area contributed by atoms with Crippen molar-refractivity contribution >= 4 is 28.9 Å². The van der Waals surface area contributed by atoms with Crippen molar-refractivity contribution in [3.05, 3.63) is 53.6 Å². The number of rotatable bonds is 6. The number of carbonyl (C=O) groups is 2. The van der Waals surface area contributed by atoms with E-state index in [0.717, 1.165) is 35.5 Å². The molecule has 2 aromatic rings. The summed E-state index contributed by atoms with van der Waals surface area (Å²) in [5.41, 5.74) is 4.70. The number of carbonyl (C=O) groups excluding carboxylic acids is 2. The van der Waals surface area contributed by atoms with Crippen LogP contribution in [-0.4, -0.2) is 18.4 Å². The van der Waals surface area contributed by atoms with Gasteiger partial charge in [0.15, 0.2) is 0 Å². The molecule has 0 aromatic heterocycles. The van der Waals surface area contributed by atoms with Crippen molar-refractivity contribution in [3.63, 3.8) is 0 Å². The first kappa shape index (κ1) is 19.9. The maximum absolute atomic E-state index is 12.3. The van der Waals surface area contributed by atoms with Crippen molar-refractivity contribution in [2.75, 3.05) is 22.5 Å². The lowest BCUT2D eigenvalue weighted by Crippen LogP contribution is -2.22. The molecule has 2 amide bonds. The number of benzene rings is 2. The summed E-state index contributed by atoms with van der Waals surface area (Å²) < 4.78 is 0. The quantitative estimate of drug-likeness (QED) is 0.682. The van der Waals surface area contributed by atoms with Gasteiger partial charge < -0.3 is 16.0 Å². The second-order valence-corrected chi connectivity index (χ2v) is 8.52. The largest absolute Gasteiger partial charge is 0.376 e. The highest BCUT2D eigenvalue weighted by atomic mass is 16.2. The Morgan fingerprint density at radius 3 is 2.21 bits per heavy atom. The van der Waals surface area contributed by atoms with Gasteiger partial charge in [-0.15, -0.1) is 0 Å². The summed E-state index contributed by atoms with van der Waals surface area (Å²) in [6.45, 7) is 8.61. The topological polar surface area (TPSA) is 70.2 Å². The van der Waals surface area contributed by atoms with Crippen LogP contribution in [0.25, 0.3) is 0 Å². The van der Waals surface area contributed by atoms with Gasteiger partial charge in [0.2, 0.25) is 11.8 Å². The molecule has 28 heavy (non-hydrogen) atoms.